The van der Waals surface area contributed by atoms with Crippen molar-refractivity contribution in [2.45, 2.75) is 0 Å². The molecule has 0 bridgehead atoms. The minimum absolute atomic E-state index is 0. The van der Waals surface area contributed by atoms with Crippen LogP contribution < -0.4 is 0 Å². The van der Waals surface area contributed by atoms with Gasteiger partial charge in [0.25, 0.3) is 0 Å². The monoisotopic (exact) mass is 461 g/mol. The molecule has 9 N–H and O–H groups in total. The van der Waals surface area contributed by atoms with Crippen molar-refractivity contribution in [3.05, 3.63) is 0 Å². The summed E-state index contributed by atoms with van der Waals surface area (Å²) in [4.78, 5) is 0. The molecule has 0 atom stereocenters. The molecule has 0 saturated heterocycles. The van der Waals surface area contributed by atoms with Crippen LogP contribution in [0.1, 0.15) is 0 Å². The summed E-state index contributed by atoms with van der Waals surface area (Å²) < 4.78 is 0. The van der Waals surface area contributed by atoms with E-state index in [0.29, 0.717) is 0 Å². The Morgan fingerprint density at radius 2 is 0.235 bits per heavy atom. The summed E-state index contributed by atoms with van der Waals surface area (Å²) in [5.74, 6) is 0. The third-order valence-electron chi connectivity index (χ3n) is 0. The van der Waals surface area contributed by atoms with Gasteiger partial charge in [0.1, 0.15) is 0 Å². The Balaban J connectivity index is 0. The smallest absolute Gasteiger partial charge is 2.00 e. The minimum Gasteiger partial charge on any atom is -2.00 e. The summed E-state index contributed by atoms with van der Waals surface area (Å²) in [6.07, 6.45) is 0. The van der Waals surface area contributed by atoms with Crippen LogP contribution in [0.15, 0.2) is 0 Å². The Kier molecular flexibility index (Phi) is 88300. The number of rotatable bonds is 0. The van der Waals surface area contributed by atoms with Crippen molar-refractivity contribution in [1.29, 1.82) is 0 Å². The topological polar surface area (TPSA) is 356 Å². The van der Waals surface area contributed by atoms with Crippen LogP contribution in [-0.2, 0) is 125 Å². The van der Waals surface area contributed by atoms with Crippen molar-refractivity contribution in [3.63, 3.8) is 0 Å². The summed E-state index contributed by atoms with van der Waals surface area (Å²) in [5, 5.41) is 0. The maximum absolute atomic E-state index is 0. The molecule has 0 heterocycles. The summed E-state index contributed by atoms with van der Waals surface area (Å²) in [6.45, 7) is 0. The van der Waals surface area contributed by atoms with Gasteiger partial charge >= 0.3 is 86.8 Å². The van der Waals surface area contributed by atoms with Crippen molar-refractivity contribution in [1.82, 2.24) is 0 Å². The van der Waals surface area contributed by atoms with E-state index < -0.39 is 0 Å². The maximum atomic E-state index is 0. The summed E-state index contributed by atoms with van der Waals surface area (Å²) in [7, 11) is 0. The molecular weight excluding hydrogens is 452 g/mol. The normalized spacial score (nSPS) is 0. The third kappa shape index (κ3) is 1000. The van der Waals surface area contributed by atoms with Gasteiger partial charge in [-0.3, -0.25) is 0 Å². The number of hydrogen-bond acceptors (Lipinski definition) is 1. The van der Waals surface area contributed by atoms with E-state index in [1.165, 1.54) is 0 Å². The Morgan fingerprint density at radius 1 is 0.235 bits per heavy atom. The van der Waals surface area contributed by atoms with Gasteiger partial charge in [0.2, 0.25) is 0 Å². The van der Waals surface area contributed by atoms with Crippen molar-refractivity contribution in [3.8, 4) is 0 Å². The molecule has 0 aliphatic heterocycles. The Labute approximate surface area is 152 Å². The van der Waals surface area contributed by atoms with Crippen LogP contribution >= 0.6 is 0 Å². The van der Waals surface area contributed by atoms with Crippen molar-refractivity contribution >= 4 is 0 Å². The molecule has 0 aromatic rings. The van der Waals surface area contributed by atoms with E-state index in [2.05, 4.69) is 0 Å². The molecule has 0 aromatic heterocycles. The van der Waals surface area contributed by atoms with Crippen LogP contribution in [0.25, 0.3) is 0 Å². The Bertz CT molecular complexity index is 14.9. The zero-order chi connectivity index (χ0) is 0. The molecule has 0 saturated carbocycles. The predicted molar refractivity (Wildman–Crippen MR) is 21.2 cm³/mol. The van der Waals surface area contributed by atoms with E-state index in [-0.39, 0.29) is 153 Å². The second kappa shape index (κ2) is 1130. The average molecular weight is 461 g/mol. The quantitative estimate of drug-likeness (QED) is 0.339. The van der Waals surface area contributed by atoms with Crippen LogP contribution in [0, 0.1) is 0 Å². The first kappa shape index (κ1) is 1330. The molecule has 0 spiro atoms. The fourth-order valence-corrected chi connectivity index (χ4v) is 0. The number of hydrogen-bond donors (Lipinski definition) is 0. The molecule has 0 unspecified atom stereocenters. The largest absolute Gasteiger partial charge is 3.00 e. The van der Waals surface area contributed by atoms with Crippen molar-refractivity contribution < 1.29 is 153 Å². The van der Waals surface area contributed by atoms with Gasteiger partial charge in [-0.1, -0.05) is 0 Å². The summed E-state index contributed by atoms with van der Waals surface area (Å²) in [6, 6.07) is 0. The van der Waals surface area contributed by atoms with Crippen LogP contribution in [0.2, 0.25) is 0 Å². The predicted octanol–water partition coefficient (Wildman–Crippen LogP) is -4.32. The fourth-order valence-electron chi connectivity index (χ4n) is 0. The maximum Gasteiger partial charge on any atom is 3.00 e. The van der Waals surface area contributed by atoms with Gasteiger partial charge < -0.3 is 65.7 Å². The van der Waals surface area contributed by atoms with E-state index in [9.17, 15) is 0 Å². The van der Waals surface area contributed by atoms with Gasteiger partial charge in [0.05, 0.1) is 0 Å². The second-order valence-electron chi connectivity index (χ2n) is 0. The molecule has 12 nitrogen and oxygen atoms in total. The van der Waals surface area contributed by atoms with Crippen LogP contribution in [0.4, 0.5) is 0 Å². The zero-order valence-corrected chi connectivity index (χ0v) is 13.7. The van der Waals surface area contributed by atoms with Crippen LogP contribution in [-0.4, -0.2) is 27.4 Å². The Morgan fingerprint density at radius 3 is 0.235 bits per heavy atom. The molecule has 0 fully saturated rings. The van der Waals surface area contributed by atoms with Crippen molar-refractivity contribution in [2.24, 2.45) is 0 Å². The van der Waals surface area contributed by atoms with Gasteiger partial charge in [0, 0.05) is 0 Å². The molecule has 0 amide bonds. The van der Waals surface area contributed by atoms with Gasteiger partial charge in [-0.25, -0.2) is 0 Å². The van der Waals surface area contributed by atoms with Gasteiger partial charge in [-0.2, -0.15) is 0 Å². The van der Waals surface area contributed by atoms with E-state index in [1.54, 1.807) is 0 Å². The summed E-state index contributed by atoms with van der Waals surface area (Å²) >= 11 is 0. The van der Waals surface area contributed by atoms with Crippen molar-refractivity contribution in [2.75, 3.05) is 0 Å². The summed E-state index contributed by atoms with van der Waals surface area (Å²) in [5.41, 5.74) is 0. The molecule has 17 heteroatoms. The molecule has 111 valence electrons. The minimum atomic E-state index is 0. The van der Waals surface area contributed by atoms with E-state index >= 15 is 0 Å². The molecule has 0 rings (SSSR count). The third-order valence-corrected chi connectivity index (χ3v) is 0. The molecule has 0 aliphatic rings. The standard InChI is InChI=1S/5Cr.5H2O.7O/h;;;;;5*1H2;;;;;;;/q5*+3;;;;;;7*-2/p-1. The van der Waals surface area contributed by atoms with E-state index in [1.807, 2.05) is 0 Å². The van der Waals surface area contributed by atoms with Gasteiger partial charge in [-0.15, -0.1) is 0 Å². The molecular formula is H9Cr5O12. The van der Waals surface area contributed by atoms with E-state index in [0.717, 1.165) is 0 Å². The first-order valence-electron chi connectivity index (χ1n) is 0. The van der Waals surface area contributed by atoms with Gasteiger partial charge in [0.15, 0.2) is 0 Å². The average Bonchev–Trinajstić information content (AvgIpc) is 0. The fraction of sp³-hybridized carbons (Fsp3) is 0. The molecule has 17 heavy (non-hydrogen) atoms. The molecule has 5 radical (unpaired) electrons. The zero-order valence-electron chi connectivity index (χ0n) is 7.35. The Hall–Kier alpha value is 2.18. The second-order valence-corrected chi connectivity index (χ2v) is 0. The van der Waals surface area contributed by atoms with Crippen LogP contribution in [0.5, 0.6) is 0 Å². The molecule has 0 aromatic carbocycles. The molecule has 0 aliphatic carbocycles. The first-order valence-corrected chi connectivity index (χ1v) is 0. The first-order chi connectivity index (χ1) is 0. The van der Waals surface area contributed by atoms with Crippen LogP contribution in [0.3, 0.4) is 0 Å². The SMILES string of the molecule is O.O.O.O.[Cr+3].[Cr+3].[Cr+3].[Cr+3].[Cr+3].[O-2].[O-2].[O-2].[O-2].[O-2].[O-2].[O-2].[OH-]. The van der Waals surface area contributed by atoms with Gasteiger partial charge in [-0.05, 0) is 0 Å². The van der Waals surface area contributed by atoms with E-state index in [4.69, 9.17) is 0 Å².